The summed E-state index contributed by atoms with van der Waals surface area (Å²) in [4.78, 5) is 0.359. The molecule has 0 heterocycles. The van der Waals surface area contributed by atoms with Gasteiger partial charge in [-0.25, -0.2) is 0 Å². The highest BCUT2D eigenvalue weighted by molar-refractivity contribution is 9.10. The number of hydrogen-bond acceptors (Lipinski definition) is 3. The predicted octanol–water partition coefficient (Wildman–Crippen LogP) is 3.84. The highest BCUT2D eigenvalue weighted by atomic mass is 79.9. The van der Waals surface area contributed by atoms with Gasteiger partial charge in [0, 0.05) is 27.5 Å². The molecule has 0 saturated heterocycles. The van der Waals surface area contributed by atoms with Gasteiger partial charge in [-0.3, -0.25) is 0 Å². The van der Waals surface area contributed by atoms with E-state index in [1.54, 1.807) is 7.11 Å². The number of nitrogens with one attached hydrogen (secondary N) is 1. The number of anilines is 2. The lowest BCUT2D eigenvalue weighted by atomic mass is 10.1. The van der Waals surface area contributed by atoms with Gasteiger partial charge >= 0.3 is 0 Å². The Labute approximate surface area is 125 Å². The summed E-state index contributed by atoms with van der Waals surface area (Å²) in [6.45, 7) is 0. The van der Waals surface area contributed by atoms with E-state index in [1.807, 2.05) is 42.5 Å². The SMILES string of the molecule is COc1cccc(Nc2cc(Br)ccc2C(N)=S)c1. The van der Waals surface area contributed by atoms with E-state index in [0.717, 1.165) is 27.2 Å². The van der Waals surface area contributed by atoms with Crippen LogP contribution in [-0.4, -0.2) is 12.1 Å². The van der Waals surface area contributed by atoms with Gasteiger partial charge in [-0.2, -0.15) is 0 Å². The average Bonchev–Trinajstić information content (AvgIpc) is 2.38. The number of rotatable bonds is 4. The Hall–Kier alpha value is -1.59. The zero-order valence-electron chi connectivity index (χ0n) is 10.3. The fourth-order valence-corrected chi connectivity index (χ4v) is 2.23. The molecule has 2 aromatic carbocycles. The molecule has 0 atom stereocenters. The molecule has 5 heteroatoms. The highest BCUT2D eigenvalue weighted by Crippen LogP contribution is 2.26. The van der Waals surface area contributed by atoms with Crippen molar-refractivity contribution in [1.82, 2.24) is 0 Å². The standard InChI is InChI=1S/C14H13BrN2OS/c1-18-11-4-2-3-10(8-11)17-13-7-9(15)5-6-12(13)14(16)19/h2-8,17H,1H3,(H2,16,19). The molecule has 0 aromatic heterocycles. The number of ether oxygens (including phenoxy) is 1. The fourth-order valence-electron chi connectivity index (χ4n) is 1.69. The van der Waals surface area contributed by atoms with Crippen LogP contribution in [0.3, 0.4) is 0 Å². The minimum absolute atomic E-state index is 0.359. The molecule has 0 spiro atoms. The van der Waals surface area contributed by atoms with Crippen LogP contribution in [0, 0.1) is 0 Å². The van der Waals surface area contributed by atoms with E-state index in [0.29, 0.717) is 4.99 Å². The van der Waals surface area contributed by atoms with Crippen molar-refractivity contribution in [2.24, 2.45) is 5.73 Å². The first kappa shape index (κ1) is 13.8. The Morgan fingerprint density at radius 1 is 1.26 bits per heavy atom. The third-order valence-electron chi connectivity index (χ3n) is 2.60. The van der Waals surface area contributed by atoms with Crippen molar-refractivity contribution in [3.8, 4) is 5.75 Å². The molecule has 2 rings (SSSR count). The molecule has 0 radical (unpaired) electrons. The summed E-state index contributed by atoms with van der Waals surface area (Å²) in [5.41, 5.74) is 8.30. The first-order valence-electron chi connectivity index (χ1n) is 5.60. The molecule has 0 aliphatic rings. The molecular weight excluding hydrogens is 324 g/mol. The number of thiocarbonyl (C=S) groups is 1. The van der Waals surface area contributed by atoms with Gasteiger partial charge in [0.15, 0.2) is 0 Å². The number of methoxy groups -OCH3 is 1. The van der Waals surface area contributed by atoms with Crippen LogP contribution in [-0.2, 0) is 0 Å². The summed E-state index contributed by atoms with van der Waals surface area (Å²) in [7, 11) is 1.64. The zero-order chi connectivity index (χ0) is 13.8. The molecule has 0 amide bonds. The highest BCUT2D eigenvalue weighted by Gasteiger charge is 2.06. The molecule has 0 aliphatic carbocycles. The summed E-state index contributed by atoms with van der Waals surface area (Å²) in [6, 6.07) is 13.4. The average molecular weight is 337 g/mol. The van der Waals surface area contributed by atoms with Crippen molar-refractivity contribution in [1.29, 1.82) is 0 Å². The molecule has 0 saturated carbocycles. The molecule has 0 bridgehead atoms. The van der Waals surface area contributed by atoms with E-state index in [2.05, 4.69) is 21.2 Å². The van der Waals surface area contributed by atoms with E-state index < -0.39 is 0 Å². The summed E-state index contributed by atoms with van der Waals surface area (Å²) < 4.78 is 6.15. The van der Waals surface area contributed by atoms with E-state index in [9.17, 15) is 0 Å². The second-order valence-electron chi connectivity index (χ2n) is 3.91. The predicted molar refractivity (Wildman–Crippen MR) is 86.3 cm³/mol. The Bertz CT molecular complexity index is 616. The third kappa shape index (κ3) is 3.45. The Morgan fingerprint density at radius 3 is 2.74 bits per heavy atom. The molecule has 3 nitrogen and oxygen atoms in total. The van der Waals surface area contributed by atoms with Crippen LogP contribution >= 0.6 is 28.1 Å². The Balaban J connectivity index is 2.36. The minimum atomic E-state index is 0.359. The van der Waals surface area contributed by atoms with Gasteiger partial charge < -0.3 is 15.8 Å². The second kappa shape index (κ2) is 6.04. The summed E-state index contributed by atoms with van der Waals surface area (Å²) >= 11 is 8.49. The molecule has 0 fully saturated rings. The second-order valence-corrected chi connectivity index (χ2v) is 5.27. The van der Waals surface area contributed by atoms with Crippen LogP contribution in [0.5, 0.6) is 5.75 Å². The van der Waals surface area contributed by atoms with E-state index >= 15 is 0 Å². The van der Waals surface area contributed by atoms with Gasteiger partial charge in [-0.05, 0) is 30.3 Å². The maximum atomic E-state index is 5.73. The van der Waals surface area contributed by atoms with E-state index in [4.69, 9.17) is 22.7 Å². The fraction of sp³-hybridized carbons (Fsp3) is 0.0714. The number of hydrogen-bond donors (Lipinski definition) is 2. The van der Waals surface area contributed by atoms with Crippen molar-refractivity contribution in [2.45, 2.75) is 0 Å². The number of nitrogens with two attached hydrogens (primary N) is 1. The smallest absolute Gasteiger partial charge is 0.120 e. The topological polar surface area (TPSA) is 47.3 Å². The van der Waals surface area contributed by atoms with Gasteiger partial charge in [0.1, 0.15) is 10.7 Å². The van der Waals surface area contributed by atoms with Crippen molar-refractivity contribution in [3.63, 3.8) is 0 Å². The van der Waals surface area contributed by atoms with Crippen molar-refractivity contribution >= 4 is 44.5 Å². The zero-order valence-corrected chi connectivity index (χ0v) is 12.7. The van der Waals surface area contributed by atoms with E-state index in [-0.39, 0.29) is 0 Å². The quantitative estimate of drug-likeness (QED) is 0.833. The van der Waals surface area contributed by atoms with Gasteiger partial charge in [-0.1, -0.05) is 34.2 Å². The first-order chi connectivity index (χ1) is 9.10. The first-order valence-corrected chi connectivity index (χ1v) is 6.80. The van der Waals surface area contributed by atoms with Crippen molar-refractivity contribution < 1.29 is 4.74 Å². The molecule has 3 N–H and O–H groups in total. The van der Waals surface area contributed by atoms with Crippen LogP contribution in [0.4, 0.5) is 11.4 Å². The number of benzene rings is 2. The van der Waals surface area contributed by atoms with Crippen molar-refractivity contribution in [2.75, 3.05) is 12.4 Å². The van der Waals surface area contributed by atoms with Crippen molar-refractivity contribution in [3.05, 3.63) is 52.5 Å². The summed E-state index contributed by atoms with van der Waals surface area (Å²) in [5.74, 6) is 0.789. The summed E-state index contributed by atoms with van der Waals surface area (Å²) in [6.07, 6.45) is 0. The van der Waals surface area contributed by atoms with E-state index in [1.165, 1.54) is 0 Å². The third-order valence-corrected chi connectivity index (χ3v) is 3.31. The van der Waals surface area contributed by atoms with Crippen LogP contribution < -0.4 is 15.8 Å². The van der Waals surface area contributed by atoms with Gasteiger partial charge in [0.2, 0.25) is 0 Å². The molecule has 98 valence electrons. The maximum absolute atomic E-state index is 5.73. The molecular formula is C14H13BrN2OS. The number of halogens is 1. The van der Waals surface area contributed by atoms with Gasteiger partial charge in [0.25, 0.3) is 0 Å². The molecule has 19 heavy (non-hydrogen) atoms. The van der Waals surface area contributed by atoms with Gasteiger partial charge in [-0.15, -0.1) is 0 Å². The normalized spacial score (nSPS) is 10.0. The van der Waals surface area contributed by atoms with Crippen LogP contribution in [0.25, 0.3) is 0 Å². The molecule has 0 unspecified atom stereocenters. The lowest BCUT2D eigenvalue weighted by Gasteiger charge is -2.12. The van der Waals surface area contributed by atoms with Gasteiger partial charge in [0.05, 0.1) is 7.11 Å². The lowest BCUT2D eigenvalue weighted by Crippen LogP contribution is -2.11. The van der Waals surface area contributed by atoms with Crippen LogP contribution in [0.15, 0.2) is 46.9 Å². The van der Waals surface area contributed by atoms with Crippen LogP contribution in [0.2, 0.25) is 0 Å². The Kier molecular flexibility index (Phi) is 4.39. The summed E-state index contributed by atoms with van der Waals surface area (Å²) in [5, 5.41) is 3.29. The molecule has 0 aliphatic heterocycles. The lowest BCUT2D eigenvalue weighted by molar-refractivity contribution is 0.415. The largest absolute Gasteiger partial charge is 0.497 e. The van der Waals surface area contributed by atoms with Crippen LogP contribution in [0.1, 0.15) is 5.56 Å². The minimum Gasteiger partial charge on any atom is -0.497 e. The maximum Gasteiger partial charge on any atom is 0.120 e. The monoisotopic (exact) mass is 336 g/mol. The Morgan fingerprint density at radius 2 is 2.05 bits per heavy atom. The molecule has 2 aromatic rings.